The van der Waals surface area contributed by atoms with Gasteiger partial charge in [0.1, 0.15) is 5.82 Å². The van der Waals surface area contributed by atoms with E-state index in [1.807, 2.05) is 12.1 Å². The van der Waals surface area contributed by atoms with Gasteiger partial charge in [0.15, 0.2) is 11.5 Å². The molecule has 7 nitrogen and oxygen atoms in total. The third-order valence-electron chi connectivity index (χ3n) is 5.98. The van der Waals surface area contributed by atoms with Crippen molar-refractivity contribution in [2.24, 2.45) is 0 Å². The van der Waals surface area contributed by atoms with E-state index in [1.165, 1.54) is 6.07 Å². The number of imidazole rings is 1. The summed E-state index contributed by atoms with van der Waals surface area (Å²) >= 11 is 0. The average Bonchev–Trinajstić information content (AvgIpc) is 3.16. The summed E-state index contributed by atoms with van der Waals surface area (Å²) < 4.78 is 21.0. The van der Waals surface area contributed by atoms with Crippen molar-refractivity contribution in [3.05, 3.63) is 59.0 Å². The standard InChI is InChI=1S/C22H22FN5O2/c1-13-10-28(11-14(2)26(13)3)19-7-6-15-9-16(22(29)30-21(15)25-19)18-12-27-8-4-5-17(23)20(27)24-18/h4-9,12-14H,10-11H2,1-3H3. The molecule has 4 aromatic rings. The summed E-state index contributed by atoms with van der Waals surface area (Å²) in [4.78, 5) is 26.1. The first-order valence-corrected chi connectivity index (χ1v) is 9.96. The fourth-order valence-electron chi connectivity index (χ4n) is 4.04. The van der Waals surface area contributed by atoms with E-state index in [-0.39, 0.29) is 16.9 Å². The fourth-order valence-corrected chi connectivity index (χ4v) is 4.04. The van der Waals surface area contributed by atoms with Crippen LogP contribution in [0.15, 0.2) is 51.9 Å². The Bertz CT molecular complexity index is 1300. The average molecular weight is 407 g/mol. The van der Waals surface area contributed by atoms with E-state index < -0.39 is 11.4 Å². The second-order valence-corrected chi connectivity index (χ2v) is 7.99. The van der Waals surface area contributed by atoms with Crippen molar-refractivity contribution in [3.63, 3.8) is 0 Å². The second kappa shape index (κ2) is 6.91. The molecule has 1 aliphatic heterocycles. The van der Waals surface area contributed by atoms with E-state index in [4.69, 9.17) is 4.42 Å². The second-order valence-electron chi connectivity index (χ2n) is 7.99. The number of anilines is 1. The Morgan fingerprint density at radius 3 is 2.63 bits per heavy atom. The molecule has 0 radical (unpaired) electrons. The number of hydrogen-bond donors (Lipinski definition) is 0. The van der Waals surface area contributed by atoms with Gasteiger partial charge in [0.05, 0.1) is 11.3 Å². The van der Waals surface area contributed by atoms with Gasteiger partial charge in [-0.05, 0) is 51.2 Å². The number of pyridine rings is 2. The molecule has 2 atom stereocenters. The highest BCUT2D eigenvalue weighted by Gasteiger charge is 2.27. The molecular formula is C22H22FN5O2. The lowest BCUT2D eigenvalue weighted by atomic mass is 10.1. The van der Waals surface area contributed by atoms with Gasteiger partial charge in [-0.15, -0.1) is 0 Å². The van der Waals surface area contributed by atoms with E-state index in [9.17, 15) is 9.18 Å². The van der Waals surface area contributed by atoms with Crippen molar-refractivity contribution in [3.8, 4) is 11.3 Å². The van der Waals surface area contributed by atoms with Gasteiger partial charge in [0.25, 0.3) is 0 Å². The maximum absolute atomic E-state index is 14.0. The van der Waals surface area contributed by atoms with Crippen LogP contribution in [0, 0.1) is 5.82 Å². The topological polar surface area (TPSA) is 66.9 Å². The maximum Gasteiger partial charge on any atom is 0.347 e. The minimum atomic E-state index is -0.545. The minimum Gasteiger partial charge on any atom is -0.403 e. The number of likely N-dealkylation sites (N-methyl/N-ethyl adjacent to an activating group) is 1. The first-order chi connectivity index (χ1) is 14.4. The highest BCUT2D eigenvalue weighted by atomic mass is 19.1. The zero-order chi connectivity index (χ0) is 21.0. The predicted molar refractivity (Wildman–Crippen MR) is 113 cm³/mol. The lowest BCUT2D eigenvalue weighted by molar-refractivity contribution is 0.169. The smallest absolute Gasteiger partial charge is 0.347 e. The molecule has 2 unspecified atom stereocenters. The van der Waals surface area contributed by atoms with Gasteiger partial charge < -0.3 is 13.7 Å². The Balaban J connectivity index is 1.54. The molecule has 0 spiro atoms. The first-order valence-electron chi connectivity index (χ1n) is 9.96. The predicted octanol–water partition coefficient (Wildman–Crippen LogP) is 3.17. The SMILES string of the molecule is CC1CN(c2ccc3cc(-c4cn5cccc(F)c5n4)c(=O)oc3n2)CC(C)N1C. The Hall–Kier alpha value is -3.26. The Kier molecular flexibility index (Phi) is 4.32. The number of halogens is 1. The van der Waals surface area contributed by atoms with Crippen LogP contribution in [0.4, 0.5) is 10.2 Å². The minimum absolute atomic E-state index is 0.166. The summed E-state index contributed by atoms with van der Waals surface area (Å²) in [7, 11) is 2.13. The normalized spacial score (nSPS) is 20.3. The number of fused-ring (bicyclic) bond motifs is 2. The van der Waals surface area contributed by atoms with Crippen molar-refractivity contribution in [2.75, 3.05) is 25.0 Å². The van der Waals surface area contributed by atoms with Gasteiger partial charge in [-0.3, -0.25) is 4.90 Å². The van der Waals surface area contributed by atoms with Gasteiger partial charge in [-0.25, -0.2) is 14.2 Å². The molecule has 0 N–H and O–H groups in total. The lowest BCUT2D eigenvalue weighted by Crippen LogP contribution is -2.55. The molecule has 1 saturated heterocycles. The van der Waals surface area contributed by atoms with Gasteiger partial charge in [0, 0.05) is 43.0 Å². The summed E-state index contributed by atoms with van der Waals surface area (Å²) in [6.07, 6.45) is 3.30. The van der Waals surface area contributed by atoms with E-state index in [0.29, 0.717) is 23.2 Å². The molecule has 0 bridgehead atoms. The Morgan fingerprint density at radius 2 is 1.90 bits per heavy atom. The van der Waals surface area contributed by atoms with Crippen molar-refractivity contribution in [1.29, 1.82) is 0 Å². The van der Waals surface area contributed by atoms with Crippen LogP contribution in [-0.2, 0) is 0 Å². The van der Waals surface area contributed by atoms with E-state index in [0.717, 1.165) is 18.9 Å². The molecule has 4 aromatic heterocycles. The van der Waals surface area contributed by atoms with Crippen LogP contribution in [0.3, 0.4) is 0 Å². The van der Waals surface area contributed by atoms with E-state index >= 15 is 0 Å². The molecule has 0 amide bonds. The summed E-state index contributed by atoms with van der Waals surface area (Å²) in [5.74, 6) is 0.343. The molecule has 0 saturated carbocycles. The summed E-state index contributed by atoms with van der Waals surface area (Å²) in [5.41, 5.74) is 0.550. The summed E-state index contributed by atoms with van der Waals surface area (Å²) in [5, 5.41) is 0.695. The molecule has 1 aliphatic rings. The van der Waals surface area contributed by atoms with Crippen molar-refractivity contribution >= 4 is 22.6 Å². The Morgan fingerprint density at radius 1 is 1.13 bits per heavy atom. The van der Waals surface area contributed by atoms with Crippen LogP contribution >= 0.6 is 0 Å². The highest BCUT2D eigenvalue weighted by molar-refractivity contribution is 5.80. The molecular weight excluding hydrogens is 385 g/mol. The van der Waals surface area contributed by atoms with E-state index in [2.05, 4.69) is 40.7 Å². The van der Waals surface area contributed by atoms with Crippen LogP contribution in [0.25, 0.3) is 28.0 Å². The quantitative estimate of drug-likeness (QED) is 0.509. The molecule has 154 valence electrons. The zero-order valence-corrected chi connectivity index (χ0v) is 17.0. The van der Waals surface area contributed by atoms with E-state index in [1.54, 1.807) is 28.9 Å². The monoisotopic (exact) mass is 407 g/mol. The summed E-state index contributed by atoms with van der Waals surface area (Å²) in [6, 6.07) is 9.26. The van der Waals surface area contributed by atoms with Crippen LogP contribution in [-0.4, -0.2) is 51.5 Å². The molecule has 8 heteroatoms. The molecule has 5 rings (SSSR count). The summed E-state index contributed by atoms with van der Waals surface area (Å²) in [6.45, 7) is 6.09. The number of aromatic nitrogens is 3. The number of hydrogen-bond acceptors (Lipinski definition) is 6. The van der Waals surface area contributed by atoms with Gasteiger partial charge in [-0.2, -0.15) is 4.98 Å². The van der Waals surface area contributed by atoms with Crippen molar-refractivity contribution in [2.45, 2.75) is 25.9 Å². The number of rotatable bonds is 2. The third-order valence-corrected chi connectivity index (χ3v) is 5.98. The van der Waals surface area contributed by atoms with Crippen molar-refractivity contribution < 1.29 is 8.81 Å². The first kappa shape index (κ1) is 18.7. The lowest BCUT2D eigenvalue weighted by Gasteiger charge is -2.42. The molecule has 30 heavy (non-hydrogen) atoms. The largest absolute Gasteiger partial charge is 0.403 e. The van der Waals surface area contributed by atoms with Crippen LogP contribution < -0.4 is 10.5 Å². The zero-order valence-electron chi connectivity index (χ0n) is 17.0. The molecule has 0 aliphatic carbocycles. The van der Waals surface area contributed by atoms with Crippen molar-refractivity contribution in [1.82, 2.24) is 19.3 Å². The highest BCUT2D eigenvalue weighted by Crippen LogP contribution is 2.25. The van der Waals surface area contributed by atoms with Gasteiger partial charge in [0.2, 0.25) is 5.71 Å². The van der Waals surface area contributed by atoms with Gasteiger partial charge in [-0.1, -0.05) is 0 Å². The molecule has 5 heterocycles. The molecule has 0 aromatic carbocycles. The number of nitrogens with zero attached hydrogens (tertiary/aromatic N) is 5. The molecule has 1 fully saturated rings. The number of piperazine rings is 1. The Labute approximate surface area is 172 Å². The maximum atomic E-state index is 14.0. The van der Waals surface area contributed by atoms with Gasteiger partial charge >= 0.3 is 5.63 Å². The fraction of sp³-hybridized carbons (Fsp3) is 0.318. The third kappa shape index (κ3) is 3.04. The van der Waals surface area contributed by atoms with Crippen LogP contribution in [0.1, 0.15) is 13.8 Å². The van der Waals surface area contributed by atoms with Crippen LogP contribution in [0.5, 0.6) is 0 Å². The van der Waals surface area contributed by atoms with Crippen LogP contribution in [0.2, 0.25) is 0 Å².